The maximum Gasteiger partial charge on any atom is 0.329 e. The van der Waals surface area contributed by atoms with E-state index in [-0.39, 0.29) is 15.7 Å². The van der Waals surface area contributed by atoms with Crippen LogP contribution in [-0.2, 0) is 4.79 Å². The Bertz CT molecular complexity index is 476. The lowest BCUT2D eigenvalue weighted by molar-refractivity contribution is -0.386. The highest BCUT2D eigenvalue weighted by atomic mass is 79.9. The number of nitrogens with zero attached hydrogens (tertiary/aromatic N) is 1. The molecule has 1 N–H and O–H groups in total. The highest BCUT2D eigenvalue weighted by Crippen LogP contribution is 2.36. The van der Waals surface area contributed by atoms with E-state index < -0.39 is 22.3 Å². The van der Waals surface area contributed by atoms with E-state index in [0.717, 1.165) is 0 Å². The van der Waals surface area contributed by atoms with Crippen molar-refractivity contribution in [1.29, 1.82) is 0 Å². The number of carbonyl (C=O) groups excluding carboxylic acids is 1. The van der Waals surface area contributed by atoms with Crippen molar-refractivity contribution in [2.24, 2.45) is 0 Å². The average Bonchev–Trinajstić information content (AvgIpc) is 2.13. The molecule has 0 aliphatic rings. The lowest BCUT2D eigenvalue weighted by Crippen LogP contribution is -2.10. The van der Waals surface area contributed by atoms with Gasteiger partial charge in [0.1, 0.15) is 5.69 Å². The van der Waals surface area contributed by atoms with E-state index in [1.807, 2.05) is 0 Å². The quantitative estimate of drug-likeness (QED) is 0.672. The fourth-order valence-corrected chi connectivity index (χ4v) is 1.83. The predicted octanol–water partition coefficient (Wildman–Crippen LogP) is 2.76. The van der Waals surface area contributed by atoms with Gasteiger partial charge in [-0.15, -0.1) is 0 Å². The molecule has 7 heteroatoms. The Hall–Kier alpha value is -1.50. The van der Waals surface area contributed by atoms with Crippen molar-refractivity contribution in [3.63, 3.8) is 0 Å². The monoisotopic (exact) mass is 290 g/mol. The van der Waals surface area contributed by atoms with Crippen LogP contribution in [0.2, 0.25) is 0 Å². The third kappa shape index (κ3) is 2.35. The zero-order valence-electron chi connectivity index (χ0n) is 8.51. The van der Waals surface area contributed by atoms with Crippen LogP contribution in [-0.4, -0.2) is 10.8 Å². The molecule has 0 bridgehead atoms. The number of halogens is 2. The molecule has 1 rings (SSSR count). The molecule has 0 aliphatic carbocycles. The molecule has 0 radical (unpaired) electrons. The highest BCUT2D eigenvalue weighted by Gasteiger charge is 2.25. The zero-order valence-corrected chi connectivity index (χ0v) is 10.1. The molecule has 0 saturated carbocycles. The Balaban J connectivity index is 3.50. The van der Waals surface area contributed by atoms with Crippen LogP contribution in [0.25, 0.3) is 0 Å². The number of hydrogen-bond donors (Lipinski definition) is 1. The number of hydrogen-bond acceptors (Lipinski definition) is 3. The van der Waals surface area contributed by atoms with Crippen molar-refractivity contribution >= 4 is 33.2 Å². The third-order valence-corrected chi connectivity index (χ3v) is 2.48. The van der Waals surface area contributed by atoms with Crippen LogP contribution < -0.4 is 5.32 Å². The lowest BCUT2D eigenvalue weighted by Gasteiger charge is -2.08. The smallest absolute Gasteiger partial charge is 0.320 e. The number of amides is 1. The number of nitro groups is 1. The summed E-state index contributed by atoms with van der Waals surface area (Å²) in [6, 6.07) is 1.37. The molecule has 0 aliphatic heterocycles. The van der Waals surface area contributed by atoms with Gasteiger partial charge in [0.2, 0.25) is 11.7 Å². The molecular weight excluding hydrogens is 283 g/mol. The Morgan fingerprint density at radius 2 is 2.19 bits per heavy atom. The number of nitro benzene ring substituents is 1. The van der Waals surface area contributed by atoms with E-state index in [0.29, 0.717) is 0 Å². The fourth-order valence-electron chi connectivity index (χ4n) is 1.20. The van der Waals surface area contributed by atoms with Crippen molar-refractivity contribution in [2.75, 3.05) is 5.32 Å². The van der Waals surface area contributed by atoms with E-state index in [9.17, 15) is 19.3 Å². The molecular formula is C9H8BrFN2O3. The topological polar surface area (TPSA) is 72.2 Å². The fraction of sp³-hybridized carbons (Fsp3) is 0.222. The third-order valence-electron chi connectivity index (χ3n) is 1.86. The summed E-state index contributed by atoms with van der Waals surface area (Å²) in [6.07, 6.45) is 0. The van der Waals surface area contributed by atoms with Gasteiger partial charge in [-0.2, -0.15) is 4.39 Å². The Morgan fingerprint density at radius 1 is 1.62 bits per heavy atom. The number of carbonyl (C=O) groups is 1. The summed E-state index contributed by atoms with van der Waals surface area (Å²) in [5, 5.41) is 12.9. The first-order valence-electron chi connectivity index (χ1n) is 4.25. The van der Waals surface area contributed by atoms with Gasteiger partial charge < -0.3 is 5.32 Å². The Kier molecular flexibility index (Phi) is 3.58. The van der Waals surface area contributed by atoms with Crippen LogP contribution in [0.15, 0.2) is 10.5 Å². The minimum atomic E-state index is -0.947. The second-order valence-electron chi connectivity index (χ2n) is 3.15. The summed E-state index contributed by atoms with van der Waals surface area (Å²) in [4.78, 5) is 20.7. The molecule has 5 nitrogen and oxygen atoms in total. The molecule has 16 heavy (non-hydrogen) atoms. The summed E-state index contributed by atoms with van der Waals surface area (Å²) in [5.74, 6) is -1.45. The molecule has 0 fully saturated rings. The summed E-state index contributed by atoms with van der Waals surface area (Å²) in [5.41, 5.74) is -0.768. The van der Waals surface area contributed by atoms with Gasteiger partial charge in [0.05, 0.1) is 4.92 Å². The maximum absolute atomic E-state index is 13.5. The van der Waals surface area contributed by atoms with Crippen molar-refractivity contribution in [1.82, 2.24) is 0 Å². The van der Waals surface area contributed by atoms with E-state index in [2.05, 4.69) is 21.2 Å². The summed E-state index contributed by atoms with van der Waals surface area (Å²) < 4.78 is 13.8. The molecule has 1 aromatic carbocycles. The molecule has 0 saturated heterocycles. The SMILES string of the molecule is CC(=O)Nc1c(Br)cc(C)c(F)c1[N+](=O)[O-]. The maximum atomic E-state index is 13.5. The molecule has 0 aromatic heterocycles. The molecule has 1 amide bonds. The standard InChI is InChI=1S/C9H8BrFN2O3/c1-4-3-6(10)8(12-5(2)14)9(7(4)11)13(15)16/h3H,1-2H3,(H,12,14). The van der Waals surface area contributed by atoms with Crippen LogP contribution in [0.3, 0.4) is 0 Å². The summed E-state index contributed by atoms with van der Waals surface area (Å²) in [7, 11) is 0. The first-order chi connectivity index (χ1) is 7.34. The Morgan fingerprint density at radius 3 is 2.62 bits per heavy atom. The second kappa shape index (κ2) is 4.56. The van der Waals surface area contributed by atoms with Crippen LogP contribution in [0.4, 0.5) is 15.8 Å². The summed E-state index contributed by atoms with van der Waals surface area (Å²) in [6.45, 7) is 2.60. The number of nitrogens with one attached hydrogen (secondary N) is 1. The Labute approximate surface area is 98.9 Å². The largest absolute Gasteiger partial charge is 0.329 e. The van der Waals surface area contributed by atoms with Gasteiger partial charge in [-0.25, -0.2) is 0 Å². The average molecular weight is 291 g/mol. The number of rotatable bonds is 2. The zero-order chi connectivity index (χ0) is 12.5. The van der Waals surface area contributed by atoms with Crippen LogP contribution in [0, 0.1) is 22.9 Å². The molecule has 0 heterocycles. The first-order valence-corrected chi connectivity index (χ1v) is 5.04. The van der Waals surface area contributed by atoms with Crippen molar-refractivity contribution in [3.05, 3.63) is 32.0 Å². The number of anilines is 1. The van der Waals surface area contributed by atoms with E-state index >= 15 is 0 Å². The minimum absolute atomic E-state index is 0.132. The molecule has 86 valence electrons. The number of benzene rings is 1. The van der Waals surface area contributed by atoms with Gasteiger partial charge >= 0.3 is 5.69 Å². The minimum Gasteiger partial charge on any atom is -0.320 e. The second-order valence-corrected chi connectivity index (χ2v) is 4.01. The molecule has 0 atom stereocenters. The van der Waals surface area contributed by atoms with Gasteiger partial charge in [0.25, 0.3) is 0 Å². The van der Waals surface area contributed by atoms with Crippen molar-refractivity contribution < 1.29 is 14.1 Å². The normalized spacial score (nSPS) is 10.0. The molecule has 0 spiro atoms. The molecule has 1 aromatic rings. The van der Waals surface area contributed by atoms with Gasteiger partial charge in [-0.05, 0) is 34.5 Å². The van der Waals surface area contributed by atoms with E-state index in [1.165, 1.54) is 19.9 Å². The van der Waals surface area contributed by atoms with Crippen molar-refractivity contribution in [3.8, 4) is 0 Å². The van der Waals surface area contributed by atoms with Gasteiger partial charge in [0.15, 0.2) is 0 Å². The van der Waals surface area contributed by atoms with E-state index in [4.69, 9.17) is 0 Å². The summed E-state index contributed by atoms with van der Waals surface area (Å²) >= 11 is 3.04. The van der Waals surface area contributed by atoms with Gasteiger partial charge in [-0.1, -0.05) is 0 Å². The predicted molar refractivity (Wildman–Crippen MR) is 59.8 cm³/mol. The van der Waals surface area contributed by atoms with Crippen LogP contribution >= 0.6 is 15.9 Å². The lowest BCUT2D eigenvalue weighted by atomic mass is 10.1. The van der Waals surface area contributed by atoms with E-state index in [1.54, 1.807) is 0 Å². The van der Waals surface area contributed by atoms with Gasteiger partial charge in [-0.3, -0.25) is 14.9 Å². The first kappa shape index (κ1) is 12.6. The van der Waals surface area contributed by atoms with Crippen molar-refractivity contribution in [2.45, 2.75) is 13.8 Å². The number of aryl methyl sites for hydroxylation is 1. The van der Waals surface area contributed by atoms with Gasteiger partial charge in [0, 0.05) is 11.4 Å². The highest BCUT2D eigenvalue weighted by molar-refractivity contribution is 9.10. The molecule has 0 unspecified atom stereocenters. The van der Waals surface area contributed by atoms with Crippen LogP contribution in [0.1, 0.15) is 12.5 Å². The van der Waals surface area contributed by atoms with Crippen LogP contribution in [0.5, 0.6) is 0 Å².